The van der Waals surface area contributed by atoms with E-state index in [-0.39, 0.29) is 18.0 Å². The molecule has 0 bridgehead atoms. The Bertz CT molecular complexity index is 1470. The summed E-state index contributed by atoms with van der Waals surface area (Å²) in [5.41, 5.74) is 4.83. The van der Waals surface area contributed by atoms with Crippen LogP contribution in [0.1, 0.15) is 30.9 Å². The molecule has 5 rings (SSSR count). The van der Waals surface area contributed by atoms with Gasteiger partial charge in [-0.3, -0.25) is 15.0 Å². The van der Waals surface area contributed by atoms with Crippen molar-refractivity contribution >= 4 is 61.3 Å². The standard InChI is InChI=1S/C27H25N3O2S/c1-17(28)33-13-7-12-30-16-21(19-9-4-6-11-23(19)30)27-25(32)14-24(31)26(27)20-15-29(2)22-10-5-3-8-18(20)22/h3-6,8-11,15-16,28H,7,12-14H2,1-2H3. The second kappa shape index (κ2) is 8.52. The Morgan fingerprint density at radius 3 is 2.15 bits per heavy atom. The van der Waals surface area contributed by atoms with Gasteiger partial charge in [0.2, 0.25) is 0 Å². The number of fused-ring (bicyclic) bond motifs is 2. The van der Waals surface area contributed by atoms with Gasteiger partial charge >= 0.3 is 0 Å². The van der Waals surface area contributed by atoms with Crippen LogP contribution in [0.5, 0.6) is 0 Å². The van der Waals surface area contributed by atoms with Crippen molar-refractivity contribution in [3.05, 3.63) is 72.1 Å². The van der Waals surface area contributed by atoms with Crippen LogP contribution in [0.15, 0.2) is 60.9 Å². The van der Waals surface area contributed by atoms with Crippen molar-refractivity contribution in [3.63, 3.8) is 0 Å². The molecule has 0 fully saturated rings. The molecule has 0 spiro atoms. The number of aryl methyl sites for hydroxylation is 2. The fourth-order valence-corrected chi connectivity index (χ4v) is 5.38. The van der Waals surface area contributed by atoms with Crippen LogP contribution in [-0.2, 0) is 23.2 Å². The third-order valence-corrected chi connectivity index (χ3v) is 7.14. The number of allylic oxidation sites excluding steroid dienone is 2. The molecular formula is C27H25N3O2S. The first-order valence-corrected chi connectivity index (χ1v) is 12.1. The summed E-state index contributed by atoms with van der Waals surface area (Å²) in [7, 11) is 1.97. The smallest absolute Gasteiger partial charge is 0.172 e. The van der Waals surface area contributed by atoms with E-state index in [1.165, 1.54) is 0 Å². The minimum Gasteiger partial charge on any atom is -0.350 e. The van der Waals surface area contributed by atoms with Crippen LogP contribution in [0, 0.1) is 5.41 Å². The Balaban J connectivity index is 1.67. The topological polar surface area (TPSA) is 67.8 Å². The highest BCUT2D eigenvalue weighted by atomic mass is 32.2. The summed E-state index contributed by atoms with van der Waals surface area (Å²) in [4.78, 5) is 26.3. The van der Waals surface area contributed by atoms with Crippen LogP contribution in [0.2, 0.25) is 0 Å². The third kappa shape index (κ3) is 3.74. The van der Waals surface area contributed by atoms with E-state index in [9.17, 15) is 9.59 Å². The number of para-hydroxylation sites is 2. The van der Waals surface area contributed by atoms with E-state index >= 15 is 0 Å². The molecule has 0 unspecified atom stereocenters. The van der Waals surface area contributed by atoms with E-state index in [2.05, 4.69) is 10.6 Å². The minimum atomic E-state index is -0.110. The van der Waals surface area contributed by atoms with Crippen LogP contribution >= 0.6 is 11.8 Å². The van der Waals surface area contributed by atoms with E-state index in [1.54, 1.807) is 18.7 Å². The summed E-state index contributed by atoms with van der Waals surface area (Å²) in [6, 6.07) is 16.1. The summed E-state index contributed by atoms with van der Waals surface area (Å²) in [5, 5.41) is 10.2. The number of hydrogen-bond acceptors (Lipinski definition) is 4. The van der Waals surface area contributed by atoms with Crippen LogP contribution in [0.3, 0.4) is 0 Å². The maximum atomic E-state index is 13.2. The highest BCUT2D eigenvalue weighted by Gasteiger charge is 2.35. The van der Waals surface area contributed by atoms with Gasteiger partial charge in [-0.15, -0.1) is 11.8 Å². The van der Waals surface area contributed by atoms with E-state index in [0.717, 1.165) is 51.7 Å². The molecule has 33 heavy (non-hydrogen) atoms. The lowest BCUT2D eigenvalue weighted by atomic mass is 9.95. The molecule has 0 saturated heterocycles. The number of hydrogen-bond donors (Lipinski definition) is 1. The molecule has 0 saturated carbocycles. The summed E-state index contributed by atoms with van der Waals surface area (Å²) in [6.45, 7) is 2.59. The van der Waals surface area contributed by atoms with Crippen molar-refractivity contribution in [3.8, 4) is 0 Å². The first-order valence-electron chi connectivity index (χ1n) is 11.1. The fraction of sp³-hybridized carbons (Fsp3) is 0.222. The van der Waals surface area contributed by atoms with E-state index in [4.69, 9.17) is 5.41 Å². The molecule has 2 aromatic heterocycles. The number of aromatic nitrogens is 2. The van der Waals surface area contributed by atoms with Crippen LogP contribution < -0.4 is 0 Å². The van der Waals surface area contributed by atoms with Crippen molar-refractivity contribution in [1.29, 1.82) is 5.41 Å². The lowest BCUT2D eigenvalue weighted by Crippen LogP contribution is -1.99. The van der Waals surface area contributed by atoms with Gasteiger partial charge in [-0.05, 0) is 25.5 Å². The van der Waals surface area contributed by atoms with Crippen molar-refractivity contribution in [2.24, 2.45) is 7.05 Å². The van der Waals surface area contributed by atoms with Gasteiger partial charge in [0.05, 0.1) is 11.5 Å². The van der Waals surface area contributed by atoms with Crippen LogP contribution in [-0.4, -0.2) is 31.5 Å². The van der Waals surface area contributed by atoms with Gasteiger partial charge in [0.1, 0.15) is 0 Å². The predicted molar refractivity (Wildman–Crippen MR) is 137 cm³/mol. The van der Waals surface area contributed by atoms with Crippen LogP contribution in [0.4, 0.5) is 0 Å². The molecule has 1 aliphatic rings. The van der Waals surface area contributed by atoms with Gasteiger partial charge < -0.3 is 9.13 Å². The summed E-state index contributed by atoms with van der Waals surface area (Å²) in [6.07, 6.45) is 4.83. The largest absolute Gasteiger partial charge is 0.350 e. The molecule has 166 valence electrons. The van der Waals surface area contributed by atoms with E-state index < -0.39 is 0 Å². The molecule has 0 radical (unpaired) electrons. The zero-order chi connectivity index (χ0) is 23.1. The molecule has 0 amide bonds. The fourth-order valence-electron chi connectivity index (χ4n) is 4.80. The Morgan fingerprint density at radius 2 is 1.48 bits per heavy atom. The molecule has 4 aromatic rings. The molecule has 2 heterocycles. The first-order chi connectivity index (χ1) is 16.0. The van der Waals surface area contributed by atoms with Crippen molar-refractivity contribution < 1.29 is 9.59 Å². The van der Waals surface area contributed by atoms with Gasteiger partial charge in [0.15, 0.2) is 11.6 Å². The van der Waals surface area contributed by atoms with E-state index in [1.807, 2.05) is 66.5 Å². The number of carbonyl (C=O) groups is 2. The predicted octanol–water partition coefficient (Wildman–Crippen LogP) is 5.71. The zero-order valence-corrected chi connectivity index (χ0v) is 19.5. The first kappa shape index (κ1) is 21.5. The number of rotatable bonds is 6. The zero-order valence-electron chi connectivity index (χ0n) is 18.7. The number of ketones is 2. The number of nitrogens with one attached hydrogen (secondary N) is 1. The highest BCUT2D eigenvalue weighted by molar-refractivity contribution is 8.13. The van der Waals surface area contributed by atoms with Gasteiger partial charge in [0.25, 0.3) is 0 Å². The SMILES string of the molecule is CC(=N)SCCCn1cc(C2=C(c3cn(C)c4ccccc34)C(=O)CC2=O)c2ccccc21. The van der Waals surface area contributed by atoms with Crippen molar-refractivity contribution in [1.82, 2.24) is 9.13 Å². The number of benzene rings is 2. The lowest BCUT2D eigenvalue weighted by molar-refractivity contribution is -0.119. The Labute approximate surface area is 196 Å². The van der Waals surface area contributed by atoms with E-state index in [0.29, 0.717) is 16.2 Å². The minimum absolute atomic E-state index is 0.0807. The molecule has 0 atom stereocenters. The molecular weight excluding hydrogens is 430 g/mol. The molecule has 1 aliphatic carbocycles. The average Bonchev–Trinajstić information content (AvgIpc) is 3.42. The summed E-state index contributed by atoms with van der Waals surface area (Å²) in [5.74, 6) is 0.653. The van der Waals surface area contributed by atoms with Crippen molar-refractivity contribution in [2.75, 3.05) is 5.75 Å². The van der Waals surface area contributed by atoms with Crippen molar-refractivity contribution in [2.45, 2.75) is 26.3 Å². The second-order valence-corrected chi connectivity index (χ2v) is 9.76. The maximum absolute atomic E-state index is 13.2. The number of nitrogens with zero attached hydrogens (tertiary/aromatic N) is 2. The van der Waals surface area contributed by atoms with Gasteiger partial charge in [-0.1, -0.05) is 36.4 Å². The Kier molecular flexibility index (Phi) is 5.54. The van der Waals surface area contributed by atoms with Gasteiger partial charge in [-0.2, -0.15) is 0 Å². The quantitative estimate of drug-likeness (QED) is 0.175. The lowest BCUT2D eigenvalue weighted by Gasteiger charge is -2.05. The Hall–Kier alpha value is -3.38. The van der Waals surface area contributed by atoms with Crippen LogP contribution in [0.25, 0.3) is 33.0 Å². The summed E-state index contributed by atoms with van der Waals surface area (Å²) >= 11 is 1.55. The maximum Gasteiger partial charge on any atom is 0.172 e. The number of thioether (sulfide) groups is 1. The Morgan fingerprint density at radius 1 is 0.909 bits per heavy atom. The second-order valence-electron chi connectivity index (χ2n) is 8.46. The van der Waals surface area contributed by atoms with Gasteiger partial charge in [-0.25, -0.2) is 0 Å². The highest BCUT2D eigenvalue weighted by Crippen LogP contribution is 2.41. The van der Waals surface area contributed by atoms with Gasteiger partial charge in [0, 0.05) is 75.8 Å². The molecule has 2 aromatic carbocycles. The third-order valence-electron chi connectivity index (χ3n) is 6.21. The average molecular weight is 456 g/mol. The number of carbonyl (C=O) groups excluding carboxylic acids is 2. The summed E-state index contributed by atoms with van der Waals surface area (Å²) < 4.78 is 4.19. The normalized spacial score (nSPS) is 14.2. The molecule has 6 heteroatoms. The molecule has 5 nitrogen and oxygen atoms in total. The molecule has 1 N–H and O–H groups in total. The monoisotopic (exact) mass is 455 g/mol. The number of Topliss-reactive ketones (excluding diaryl/α,β-unsaturated/α-hetero) is 2. The molecule has 0 aliphatic heterocycles.